The molecule has 3 N–H and O–H groups in total. The Morgan fingerprint density at radius 2 is 1.84 bits per heavy atom. The molecule has 0 aliphatic heterocycles. The number of imidazole rings is 1. The van der Waals surface area contributed by atoms with Gasteiger partial charge in [-0.3, -0.25) is 0 Å². The number of benzene rings is 1. The minimum atomic E-state index is 0.186. The van der Waals surface area contributed by atoms with Crippen LogP contribution in [-0.2, 0) is 5.41 Å². The van der Waals surface area contributed by atoms with Crippen LogP contribution in [0, 0.1) is 0 Å². The molecule has 1 aromatic heterocycles. The summed E-state index contributed by atoms with van der Waals surface area (Å²) in [6, 6.07) is 8.65. The van der Waals surface area contributed by atoms with Crippen LogP contribution in [0.3, 0.4) is 0 Å². The standard InChI is InChI=1S/C16H23N3/c1-11(9-17)15-18-10-14(19-15)12-5-7-13(8-6-12)16(2,3)4/h5-8,10-11H,9,17H2,1-4H3,(H,18,19). The van der Waals surface area contributed by atoms with Gasteiger partial charge in [0.1, 0.15) is 5.82 Å². The second kappa shape index (κ2) is 5.17. The van der Waals surface area contributed by atoms with Gasteiger partial charge in [0.15, 0.2) is 0 Å². The molecule has 1 aromatic carbocycles. The molecule has 3 heteroatoms. The Kier molecular flexibility index (Phi) is 3.76. The quantitative estimate of drug-likeness (QED) is 0.885. The SMILES string of the molecule is CC(CN)c1ncc(-c2ccc(C(C)(C)C)cc2)[nH]1. The number of nitrogens with one attached hydrogen (secondary N) is 1. The van der Waals surface area contributed by atoms with Crippen molar-refractivity contribution in [2.75, 3.05) is 6.54 Å². The van der Waals surface area contributed by atoms with E-state index in [0.717, 1.165) is 17.1 Å². The molecule has 0 fully saturated rings. The predicted octanol–water partition coefficient (Wildman–Crippen LogP) is 3.44. The lowest BCUT2D eigenvalue weighted by Gasteiger charge is -2.18. The molecule has 0 aliphatic rings. The minimum absolute atomic E-state index is 0.186. The number of aromatic amines is 1. The number of hydrogen-bond donors (Lipinski definition) is 2. The number of nitrogens with zero attached hydrogens (tertiary/aromatic N) is 1. The fourth-order valence-corrected chi connectivity index (χ4v) is 2.00. The zero-order valence-corrected chi connectivity index (χ0v) is 12.2. The molecule has 3 nitrogen and oxygen atoms in total. The first-order chi connectivity index (χ1) is 8.91. The van der Waals surface area contributed by atoms with E-state index in [1.54, 1.807) is 0 Å². The van der Waals surface area contributed by atoms with Crippen molar-refractivity contribution in [1.82, 2.24) is 9.97 Å². The largest absolute Gasteiger partial charge is 0.342 e. The fourth-order valence-electron chi connectivity index (χ4n) is 2.00. The molecule has 0 saturated carbocycles. The zero-order valence-electron chi connectivity index (χ0n) is 12.2. The van der Waals surface area contributed by atoms with Gasteiger partial charge >= 0.3 is 0 Å². The Morgan fingerprint density at radius 3 is 2.37 bits per heavy atom. The van der Waals surface area contributed by atoms with Crippen molar-refractivity contribution < 1.29 is 0 Å². The van der Waals surface area contributed by atoms with Crippen molar-refractivity contribution in [1.29, 1.82) is 0 Å². The van der Waals surface area contributed by atoms with Crippen molar-refractivity contribution in [2.24, 2.45) is 5.73 Å². The number of aromatic nitrogens is 2. The van der Waals surface area contributed by atoms with Crippen molar-refractivity contribution in [2.45, 2.75) is 39.0 Å². The molecule has 0 bridgehead atoms. The van der Waals surface area contributed by atoms with Crippen LogP contribution in [0.4, 0.5) is 0 Å². The second-order valence-electron chi connectivity index (χ2n) is 6.15. The Balaban J connectivity index is 2.25. The summed E-state index contributed by atoms with van der Waals surface area (Å²) in [6.45, 7) is 9.35. The molecule has 1 heterocycles. The number of hydrogen-bond acceptors (Lipinski definition) is 2. The first-order valence-electron chi connectivity index (χ1n) is 6.77. The molecule has 2 rings (SSSR count). The molecule has 0 aliphatic carbocycles. The molecule has 2 aromatic rings. The van der Waals surface area contributed by atoms with E-state index in [-0.39, 0.29) is 11.3 Å². The van der Waals surface area contributed by atoms with E-state index in [0.29, 0.717) is 6.54 Å². The lowest BCUT2D eigenvalue weighted by Crippen LogP contribution is -2.10. The highest BCUT2D eigenvalue weighted by atomic mass is 14.9. The molecule has 0 spiro atoms. The third-order valence-electron chi connectivity index (χ3n) is 3.48. The highest BCUT2D eigenvalue weighted by Gasteiger charge is 2.14. The highest BCUT2D eigenvalue weighted by molar-refractivity contribution is 5.59. The van der Waals surface area contributed by atoms with Gasteiger partial charge in [0.25, 0.3) is 0 Å². The van der Waals surface area contributed by atoms with Gasteiger partial charge in [0, 0.05) is 12.5 Å². The van der Waals surface area contributed by atoms with Crippen LogP contribution >= 0.6 is 0 Å². The molecular weight excluding hydrogens is 234 g/mol. The second-order valence-corrected chi connectivity index (χ2v) is 6.15. The third-order valence-corrected chi connectivity index (χ3v) is 3.48. The molecule has 1 unspecified atom stereocenters. The average molecular weight is 257 g/mol. The summed E-state index contributed by atoms with van der Waals surface area (Å²) in [6.07, 6.45) is 1.88. The highest BCUT2D eigenvalue weighted by Crippen LogP contribution is 2.25. The number of rotatable bonds is 3. The van der Waals surface area contributed by atoms with Crippen molar-refractivity contribution in [3.8, 4) is 11.3 Å². The monoisotopic (exact) mass is 257 g/mol. The van der Waals surface area contributed by atoms with Crippen molar-refractivity contribution in [3.05, 3.63) is 41.9 Å². The van der Waals surface area contributed by atoms with Crippen molar-refractivity contribution in [3.63, 3.8) is 0 Å². The molecular formula is C16H23N3. The van der Waals surface area contributed by atoms with Gasteiger partial charge in [0.2, 0.25) is 0 Å². The zero-order chi connectivity index (χ0) is 14.0. The number of H-pyrrole nitrogens is 1. The first kappa shape index (κ1) is 13.8. The molecule has 0 radical (unpaired) electrons. The fraction of sp³-hybridized carbons (Fsp3) is 0.438. The van der Waals surface area contributed by atoms with Crippen LogP contribution < -0.4 is 5.73 Å². The maximum atomic E-state index is 5.66. The Hall–Kier alpha value is -1.61. The van der Waals surface area contributed by atoms with Gasteiger partial charge in [-0.1, -0.05) is 52.0 Å². The van der Waals surface area contributed by atoms with Gasteiger partial charge < -0.3 is 10.7 Å². The Morgan fingerprint density at radius 1 is 1.21 bits per heavy atom. The lowest BCUT2D eigenvalue weighted by atomic mass is 9.86. The maximum absolute atomic E-state index is 5.66. The van der Waals surface area contributed by atoms with Gasteiger partial charge in [-0.15, -0.1) is 0 Å². The molecule has 0 amide bonds. The van der Waals surface area contributed by atoms with E-state index in [1.165, 1.54) is 5.56 Å². The summed E-state index contributed by atoms with van der Waals surface area (Å²) < 4.78 is 0. The van der Waals surface area contributed by atoms with Crippen LogP contribution in [-0.4, -0.2) is 16.5 Å². The smallest absolute Gasteiger partial charge is 0.110 e. The van der Waals surface area contributed by atoms with Gasteiger partial charge in [-0.05, 0) is 16.5 Å². The van der Waals surface area contributed by atoms with Crippen LogP contribution in [0.15, 0.2) is 30.5 Å². The van der Waals surface area contributed by atoms with E-state index >= 15 is 0 Å². The molecule has 1 atom stereocenters. The average Bonchev–Trinajstić information content (AvgIpc) is 2.86. The summed E-state index contributed by atoms with van der Waals surface area (Å²) in [5.41, 5.74) is 9.40. The molecule has 19 heavy (non-hydrogen) atoms. The van der Waals surface area contributed by atoms with Crippen LogP contribution in [0.1, 0.15) is 45.0 Å². The maximum Gasteiger partial charge on any atom is 0.110 e. The Labute approximate surface area is 115 Å². The summed E-state index contributed by atoms with van der Waals surface area (Å²) in [7, 11) is 0. The number of nitrogens with two attached hydrogens (primary N) is 1. The van der Waals surface area contributed by atoms with Gasteiger partial charge in [-0.25, -0.2) is 4.98 Å². The van der Waals surface area contributed by atoms with Gasteiger partial charge in [0.05, 0.1) is 11.9 Å². The van der Waals surface area contributed by atoms with Crippen LogP contribution in [0.2, 0.25) is 0 Å². The van der Waals surface area contributed by atoms with E-state index in [1.807, 2.05) is 6.20 Å². The lowest BCUT2D eigenvalue weighted by molar-refractivity contribution is 0.590. The summed E-state index contributed by atoms with van der Waals surface area (Å²) in [5, 5.41) is 0. The van der Waals surface area contributed by atoms with E-state index in [4.69, 9.17) is 5.73 Å². The van der Waals surface area contributed by atoms with Gasteiger partial charge in [-0.2, -0.15) is 0 Å². The normalized spacial score (nSPS) is 13.5. The first-order valence-corrected chi connectivity index (χ1v) is 6.77. The molecule has 102 valence electrons. The Bertz CT molecular complexity index is 532. The van der Waals surface area contributed by atoms with E-state index < -0.39 is 0 Å². The summed E-state index contributed by atoms with van der Waals surface area (Å²) >= 11 is 0. The third kappa shape index (κ3) is 3.04. The van der Waals surface area contributed by atoms with Crippen LogP contribution in [0.5, 0.6) is 0 Å². The summed E-state index contributed by atoms with van der Waals surface area (Å²) in [4.78, 5) is 7.75. The van der Waals surface area contributed by atoms with Crippen LogP contribution in [0.25, 0.3) is 11.3 Å². The summed E-state index contributed by atoms with van der Waals surface area (Å²) in [5.74, 6) is 1.22. The topological polar surface area (TPSA) is 54.7 Å². The van der Waals surface area contributed by atoms with E-state index in [9.17, 15) is 0 Å². The minimum Gasteiger partial charge on any atom is -0.342 e. The molecule has 0 saturated heterocycles. The predicted molar refractivity (Wildman–Crippen MR) is 80.2 cm³/mol. The van der Waals surface area contributed by atoms with Crippen molar-refractivity contribution >= 4 is 0 Å². The van der Waals surface area contributed by atoms with E-state index in [2.05, 4.69) is 61.9 Å².